The molecule has 54 valence electrons. The molecule has 1 nitrogen and oxygen atoms in total. The Morgan fingerprint density at radius 2 is 2.60 bits per heavy atom. The Morgan fingerprint density at radius 3 is 3.10 bits per heavy atom. The molecular formula is C8H9ClO. The van der Waals surface area contributed by atoms with E-state index >= 15 is 0 Å². The van der Waals surface area contributed by atoms with E-state index in [9.17, 15) is 4.79 Å². The first-order valence-electron chi connectivity index (χ1n) is 3.28. The van der Waals surface area contributed by atoms with E-state index in [-0.39, 0.29) is 5.38 Å². The van der Waals surface area contributed by atoms with Crippen molar-refractivity contribution in [1.82, 2.24) is 0 Å². The van der Waals surface area contributed by atoms with Gasteiger partial charge in [0, 0.05) is 6.42 Å². The third-order valence-electron chi connectivity index (χ3n) is 1.44. The highest BCUT2D eigenvalue weighted by Gasteiger charge is 2.03. The van der Waals surface area contributed by atoms with Crippen molar-refractivity contribution < 1.29 is 4.79 Å². The van der Waals surface area contributed by atoms with Crippen LogP contribution in [0.3, 0.4) is 0 Å². The molecular weight excluding hydrogens is 148 g/mol. The number of hydrogen-bond acceptors (Lipinski definition) is 1. The lowest BCUT2D eigenvalue weighted by Crippen LogP contribution is -1.97. The van der Waals surface area contributed by atoms with Crippen LogP contribution in [0.15, 0.2) is 23.8 Å². The molecule has 10 heavy (non-hydrogen) atoms. The lowest BCUT2D eigenvalue weighted by atomic mass is 10.1. The molecule has 1 aliphatic rings. The fraction of sp³-hybridized carbons (Fsp3) is 0.375. The Kier molecular flexibility index (Phi) is 2.69. The number of alkyl halides is 1. The highest BCUT2D eigenvalue weighted by molar-refractivity contribution is 6.22. The lowest BCUT2D eigenvalue weighted by molar-refractivity contribution is -0.107. The van der Waals surface area contributed by atoms with Gasteiger partial charge in [-0.2, -0.15) is 0 Å². The zero-order valence-electron chi connectivity index (χ0n) is 5.59. The fourth-order valence-corrected chi connectivity index (χ4v) is 1.05. The van der Waals surface area contributed by atoms with Crippen LogP contribution in [0.1, 0.15) is 12.8 Å². The molecule has 1 atom stereocenters. The summed E-state index contributed by atoms with van der Waals surface area (Å²) in [6.07, 6.45) is 8.11. The first kappa shape index (κ1) is 7.55. The maximum atomic E-state index is 10.0. The second kappa shape index (κ2) is 3.57. The van der Waals surface area contributed by atoms with Crippen LogP contribution in [0.4, 0.5) is 0 Å². The topological polar surface area (TPSA) is 17.1 Å². The summed E-state index contributed by atoms with van der Waals surface area (Å²) in [6.45, 7) is 0. The molecule has 0 N–H and O–H groups in total. The third kappa shape index (κ3) is 1.99. The Hall–Kier alpha value is -0.560. The van der Waals surface area contributed by atoms with Gasteiger partial charge in [-0.25, -0.2) is 0 Å². The molecule has 0 saturated carbocycles. The van der Waals surface area contributed by atoms with E-state index in [1.807, 2.05) is 18.2 Å². The summed E-state index contributed by atoms with van der Waals surface area (Å²) < 4.78 is 0. The first-order valence-corrected chi connectivity index (χ1v) is 3.71. The summed E-state index contributed by atoms with van der Waals surface area (Å²) >= 11 is 5.76. The summed E-state index contributed by atoms with van der Waals surface area (Å²) in [5.41, 5.74) is 1.08. The van der Waals surface area contributed by atoms with Crippen LogP contribution < -0.4 is 0 Å². The smallest absolute Gasteiger partial charge is 0.124 e. The van der Waals surface area contributed by atoms with E-state index in [4.69, 9.17) is 11.6 Å². The molecule has 2 heteroatoms. The predicted octanol–water partition coefficient (Wildman–Crippen LogP) is 2.07. The third-order valence-corrected chi connectivity index (χ3v) is 1.77. The molecule has 0 amide bonds. The lowest BCUT2D eigenvalue weighted by Gasteiger charge is -2.06. The van der Waals surface area contributed by atoms with E-state index in [0.717, 1.165) is 18.3 Å². The van der Waals surface area contributed by atoms with Gasteiger partial charge in [-0.3, -0.25) is 0 Å². The molecule has 0 aromatic rings. The Balaban J connectivity index is 2.49. The van der Waals surface area contributed by atoms with Gasteiger partial charge >= 0.3 is 0 Å². The molecule has 0 aromatic carbocycles. The molecule has 0 spiro atoms. The van der Waals surface area contributed by atoms with Crippen LogP contribution in [0.25, 0.3) is 0 Å². The van der Waals surface area contributed by atoms with Gasteiger partial charge in [0.25, 0.3) is 0 Å². The number of rotatable bonds is 2. The van der Waals surface area contributed by atoms with Crippen molar-refractivity contribution in [2.24, 2.45) is 0 Å². The van der Waals surface area contributed by atoms with Gasteiger partial charge < -0.3 is 4.79 Å². The summed E-state index contributed by atoms with van der Waals surface area (Å²) in [5, 5.41) is 0.121. The monoisotopic (exact) mass is 156 g/mol. The summed E-state index contributed by atoms with van der Waals surface area (Å²) in [7, 11) is 0. The Morgan fingerprint density at radius 1 is 1.80 bits per heavy atom. The second-order valence-corrected chi connectivity index (χ2v) is 2.82. The molecule has 0 fully saturated rings. The van der Waals surface area contributed by atoms with Crippen LogP contribution in [-0.2, 0) is 4.79 Å². The van der Waals surface area contributed by atoms with Crippen molar-refractivity contribution in [3.05, 3.63) is 23.8 Å². The van der Waals surface area contributed by atoms with Gasteiger partial charge in [0.05, 0.1) is 5.38 Å². The van der Waals surface area contributed by atoms with Crippen molar-refractivity contribution in [2.45, 2.75) is 18.2 Å². The molecule has 0 radical (unpaired) electrons. The predicted molar refractivity (Wildman–Crippen MR) is 42.2 cm³/mol. The van der Waals surface area contributed by atoms with Crippen LogP contribution in [-0.4, -0.2) is 11.7 Å². The number of allylic oxidation sites excluding steroid dienone is 4. The highest BCUT2D eigenvalue weighted by atomic mass is 35.5. The molecule has 0 bridgehead atoms. The van der Waals surface area contributed by atoms with Crippen molar-refractivity contribution in [3.8, 4) is 0 Å². The maximum Gasteiger partial charge on any atom is 0.124 e. The molecule has 0 aliphatic heterocycles. The molecule has 0 saturated heterocycles. The number of hydrogen-bond donors (Lipinski definition) is 0. The van der Waals surface area contributed by atoms with Gasteiger partial charge in [-0.15, -0.1) is 11.6 Å². The van der Waals surface area contributed by atoms with Crippen LogP contribution >= 0.6 is 11.6 Å². The van der Waals surface area contributed by atoms with Crippen LogP contribution in [0, 0.1) is 0 Å². The normalized spacial score (nSPS) is 24.1. The minimum Gasteiger partial charge on any atom is -0.303 e. The minimum atomic E-state index is 0.121. The standard InChI is InChI=1S/C8H9ClO/c9-8-3-1-7(2-4-8)5-6-10/h1-3,6,8H,4-5H2. The highest BCUT2D eigenvalue weighted by Crippen LogP contribution is 2.16. The first-order chi connectivity index (χ1) is 4.83. The summed E-state index contributed by atoms with van der Waals surface area (Å²) in [6, 6.07) is 0. The molecule has 1 aliphatic carbocycles. The maximum absolute atomic E-state index is 10.0. The van der Waals surface area contributed by atoms with Gasteiger partial charge in [-0.1, -0.05) is 18.2 Å². The van der Waals surface area contributed by atoms with Crippen LogP contribution in [0.2, 0.25) is 0 Å². The van der Waals surface area contributed by atoms with E-state index < -0.39 is 0 Å². The summed E-state index contributed by atoms with van der Waals surface area (Å²) in [5.74, 6) is 0. The quantitative estimate of drug-likeness (QED) is 0.442. The average Bonchev–Trinajstić information content (AvgIpc) is 1.95. The zero-order chi connectivity index (χ0) is 7.40. The number of carbonyl (C=O) groups is 1. The fourth-order valence-electron chi connectivity index (χ4n) is 0.886. The molecule has 0 aromatic heterocycles. The summed E-state index contributed by atoms with van der Waals surface area (Å²) in [4.78, 5) is 10.0. The van der Waals surface area contributed by atoms with E-state index in [1.165, 1.54) is 0 Å². The number of carbonyl (C=O) groups excluding carboxylic acids is 1. The molecule has 1 rings (SSSR count). The van der Waals surface area contributed by atoms with Crippen molar-refractivity contribution in [2.75, 3.05) is 0 Å². The second-order valence-electron chi connectivity index (χ2n) is 2.26. The van der Waals surface area contributed by atoms with Gasteiger partial charge in [0.2, 0.25) is 0 Å². The Bertz CT molecular complexity index is 182. The van der Waals surface area contributed by atoms with E-state index in [1.54, 1.807) is 0 Å². The Labute approximate surface area is 65.4 Å². The van der Waals surface area contributed by atoms with E-state index in [0.29, 0.717) is 6.42 Å². The van der Waals surface area contributed by atoms with Crippen LogP contribution in [0.5, 0.6) is 0 Å². The minimum absolute atomic E-state index is 0.121. The average molecular weight is 157 g/mol. The van der Waals surface area contributed by atoms with Gasteiger partial charge in [0.1, 0.15) is 6.29 Å². The van der Waals surface area contributed by atoms with E-state index in [2.05, 4.69) is 0 Å². The largest absolute Gasteiger partial charge is 0.303 e. The molecule has 1 unspecified atom stereocenters. The van der Waals surface area contributed by atoms with Gasteiger partial charge in [-0.05, 0) is 12.0 Å². The number of aldehydes is 1. The SMILES string of the molecule is O=CCC1=CCC(Cl)C=C1. The van der Waals surface area contributed by atoms with Crippen molar-refractivity contribution in [1.29, 1.82) is 0 Å². The van der Waals surface area contributed by atoms with Crippen molar-refractivity contribution >= 4 is 17.9 Å². The van der Waals surface area contributed by atoms with Gasteiger partial charge in [0.15, 0.2) is 0 Å². The zero-order valence-corrected chi connectivity index (χ0v) is 6.34. The molecule has 0 heterocycles. The van der Waals surface area contributed by atoms with Crippen molar-refractivity contribution in [3.63, 3.8) is 0 Å². The number of halogens is 1.